The second-order valence-electron chi connectivity index (χ2n) is 5.90. The molecule has 0 fully saturated rings. The SMILES string of the molecule is O=C(NCCc1c[nH]c2cc(F)c(Cl)cc12)c1cnc2n1CCOC2. The fraction of sp³-hybridized carbons (Fsp3) is 0.294. The lowest BCUT2D eigenvalue weighted by Gasteiger charge is -2.16. The Hall–Kier alpha value is -2.38. The number of rotatable bonds is 4. The maximum absolute atomic E-state index is 13.5. The van der Waals surface area contributed by atoms with Gasteiger partial charge >= 0.3 is 0 Å². The van der Waals surface area contributed by atoms with Crippen LogP contribution in [0.1, 0.15) is 21.9 Å². The first-order valence-electron chi connectivity index (χ1n) is 7.99. The maximum atomic E-state index is 13.5. The topological polar surface area (TPSA) is 71.9 Å². The summed E-state index contributed by atoms with van der Waals surface area (Å²) in [7, 11) is 0. The highest BCUT2D eigenvalue weighted by Crippen LogP contribution is 2.25. The van der Waals surface area contributed by atoms with Gasteiger partial charge in [-0.2, -0.15) is 0 Å². The summed E-state index contributed by atoms with van der Waals surface area (Å²) < 4.78 is 20.7. The molecule has 4 rings (SSSR count). The van der Waals surface area contributed by atoms with Gasteiger partial charge in [-0.05, 0) is 24.1 Å². The molecular formula is C17H16ClFN4O2. The molecule has 3 aromatic rings. The van der Waals surface area contributed by atoms with Crippen LogP contribution in [0.15, 0.2) is 24.5 Å². The van der Waals surface area contributed by atoms with E-state index in [1.54, 1.807) is 12.3 Å². The minimum atomic E-state index is -0.453. The van der Waals surface area contributed by atoms with E-state index in [2.05, 4.69) is 15.3 Å². The molecule has 0 saturated heterocycles. The zero-order valence-corrected chi connectivity index (χ0v) is 14.1. The number of hydrogen-bond acceptors (Lipinski definition) is 3. The van der Waals surface area contributed by atoms with E-state index < -0.39 is 5.82 Å². The zero-order valence-electron chi connectivity index (χ0n) is 13.3. The normalized spacial score (nSPS) is 13.8. The Morgan fingerprint density at radius 2 is 2.36 bits per heavy atom. The van der Waals surface area contributed by atoms with Crippen LogP contribution in [0.25, 0.3) is 10.9 Å². The van der Waals surface area contributed by atoms with Crippen LogP contribution in [0.5, 0.6) is 0 Å². The van der Waals surface area contributed by atoms with E-state index in [0.717, 1.165) is 16.8 Å². The Morgan fingerprint density at radius 1 is 1.48 bits per heavy atom. The lowest BCUT2D eigenvalue weighted by atomic mass is 10.1. The predicted octanol–water partition coefficient (Wildman–Crippen LogP) is 2.66. The molecule has 1 aromatic carbocycles. The van der Waals surface area contributed by atoms with Gasteiger partial charge in [-0.25, -0.2) is 9.37 Å². The summed E-state index contributed by atoms with van der Waals surface area (Å²) in [6.07, 6.45) is 4.00. The lowest BCUT2D eigenvalue weighted by molar-refractivity contribution is 0.0779. The first kappa shape index (κ1) is 16.1. The molecular weight excluding hydrogens is 347 g/mol. The Balaban J connectivity index is 1.43. The number of carbonyl (C=O) groups excluding carboxylic acids is 1. The molecule has 0 atom stereocenters. The van der Waals surface area contributed by atoms with Gasteiger partial charge in [0.15, 0.2) is 0 Å². The zero-order chi connectivity index (χ0) is 17.4. The fourth-order valence-corrected chi connectivity index (χ4v) is 3.23. The van der Waals surface area contributed by atoms with Crippen LogP contribution in [0.2, 0.25) is 5.02 Å². The standard InChI is InChI=1S/C17H16ClFN4O2/c18-12-5-11-10(7-21-14(11)6-13(12)19)1-2-20-17(24)15-8-22-16-9-25-4-3-23(15)16/h5-8,21H,1-4,9H2,(H,20,24). The fourth-order valence-electron chi connectivity index (χ4n) is 3.06. The molecule has 1 aliphatic heterocycles. The highest BCUT2D eigenvalue weighted by molar-refractivity contribution is 6.31. The molecule has 6 nitrogen and oxygen atoms in total. The minimum absolute atomic E-state index is 0.0884. The van der Waals surface area contributed by atoms with E-state index in [-0.39, 0.29) is 10.9 Å². The van der Waals surface area contributed by atoms with Crippen LogP contribution in [0, 0.1) is 5.82 Å². The van der Waals surface area contributed by atoms with E-state index in [0.29, 0.717) is 43.9 Å². The van der Waals surface area contributed by atoms with Gasteiger partial charge in [0.05, 0.1) is 17.8 Å². The van der Waals surface area contributed by atoms with E-state index in [9.17, 15) is 9.18 Å². The molecule has 0 bridgehead atoms. The third kappa shape index (κ3) is 3.01. The second kappa shape index (κ2) is 6.50. The molecule has 0 saturated carbocycles. The maximum Gasteiger partial charge on any atom is 0.269 e. The number of ether oxygens (including phenoxy) is 1. The van der Waals surface area contributed by atoms with Crippen molar-refractivity contribution in [2.45, 2.75) is 19.6 Å². The van der Waals surface area contributed by atoms with Crippen molar-refractivity contribution in [1.82, 2.24) is 19.9 Å². The highest BCUT2D eigenvalue weighted by Gasteiger charge is 2.19. The Kier molecular flexibility index (Phi) is 4.19. The molecule has 25 heavy (non-hydrogen) atoms. The molecule has 0 aliphatic carbocycles. The van der Waals surface area contributed by atoms with Gasteiger partial charge < -0.3 is 19.6 Å². The predicted molar refractivity (Wildman–Crippen MR) is 91.2 cm³/mol. The molecule has 1 amide bonds. The number of imidazole rings is 1. The molecule has 2 aromatic heterocycles. The van der Waals surface area contributed by atoms with Gasteiger partial charge in [0.2, 0.25) is 0 Å². The summed E-state index contributed by atoms with van der Waals surface area (Å²) in [6, 6.07) is 2.98. The van der Waals surface area contributed by atoms with Crippen molar-refractivity contribution in [3.63, 3.8) is 0 Å². The highest BCUT2D eigenvalue weighted by atomic mass is 35.5. The molecule has 2 N–H and O–H groups in total. The van der Waals surface area contributed by atoms with Crippen LogP contribution in [0.4, 0.5) is 4.39 Å². The van der Waals surface area contributed by atoms with Crippen LogP contribution in [0.3, 0.4) is 0 Å². The molecule has 0 radical (unpaired) electrons. The summed E-state index contributed by atoms with van der Waals surface area (Å²) in [5.41, 5.74) is 2.20. The molecule has 3 heterocycles. The van der Waals surface area contributed by atoms with Gasteiger partial charge in [-0.1, -0.05) is 11.6 Å². The lowest BCUT2D eigenvalue weighted by Crippen LogP contribution is -2.29. The van der Waals surface area contributed by atoms with Gasteiger partial charge in [0, 0.05) is 30.2 Å². The Morgan fingerprint density at radius 3 is 3.24 bits per heavy atom. The third-order valence-corrected chi connectivity index (χ3v) is 4.64. The third-order valence-electron chi connectivity index (χ3n) is 4.35. The molecule has 8 heteroatoms. The summed E-state index contributed by atoms with van der Waals surface area (Å²) >= 11 is 5.86. The van der Waals surface area contributed by atoms with E-state index >= 15 is 0 Å². The van der Waals surface area contributed by atoms with Crippen LogP contribution < -0.4 is 5.32 Å². The number of amides is 1. The van der Waals surface area contributed by atoms with E-state index in [1.807, 2.05) is 10.8 Å². The summed E-state index contributed by atoms with van der Waals surface area (Å²) in [6.45, 7) is 2.10. The Labute approximate surface area is 147 Å². The number of hydrogen-bond donors (Lipinski definition) is 2. The van der Waals surface area contributed by atoms with Crippen LogP contribution in [-0.4, -0.2) is 33.6 Å². The number of carbonyl (C=O) groups is 1. The summed E-state index contributed by atoms with van der Waals surface area (Å²) in [5, 5.41) is 3.85. The average molecular weight is 363 g/mol. The smallest absolute Gasteiger partial charge is 0.269 e. The second-order valence-corrected chi connectivity index (χ2v) is 6.30. The summed E-state index contributed by atoms with van der Waals surface area (Å²) in [5.74, 6) is 0.152. The number of fused-ring (bicyclic) bond motifs is 2. The molecule has 0 spiro atoms. The van der Waals surface area contributed by atoms with Crippen LogP contribution >= 0.6 is 11.6 Å². The number of aromatic amines is 1. The number of nitrogens with zero attached hydrogens (tertiary/aromatic N) is 2. The molecule has 130 valence electrons. The first-order valence-corrected chi connectivity index (χ1v) is 8.36. The number of nitrogens with one attached hydrogen (secondary N) is 2. The van der Waals surface area contributed by atoms with E-state index in [4.69, 9.17) is 16.3 Å². The largest absolute Gasteiger partial charge is 0.372 e. The number of benzene rings is 1. The van der Waals surface area contributed by atoms with E-state index in [1.165, 1.54) is 6.07 Å². The summed E-state index contributed by atoms with van der Waals surface area (Å²) in [4.78, 5) is 19.6. The van der Waals surface area contributed by atoms with Crippen molar-refractivity contribution < 1.29 is 13.9 Å². The van der Waals surface area contributed by atoms with Gasteiger partial charge in [-0.3, -0.25) is 4.79 Å². The minimum Gasteiger partial charge on any atom is -0.372 e. The van der Waals surface area contributed by atoms with Crippen molar-refractivity contribution in [2.75, 3.05) is 13.2 Å². The van der Waals surface area contributed by atoms with Crippen molar-refractivity contribution in [3.8, 4) is 0 Å². The Bertz CT molecular complexity index is 950. The number of H-pyrrole nitrogens is 1. The van der Waals surface area contributed by atoms with Crippen molar-refractivity contribution in [1.29, 1.82) is 0 Å². The van der Waals surface area contributed by atoms with Crippen molar-refractivity contribution in [2.24, 2.45) is 0 Å². The van der Waals surface area contributed by atoms with Gasteiger partial charge in [-0.15, -0.1) is 0 Å². The quantitative estimate of drug-likeness (QED) is 0.749. The molecule has 0 unspecified atom stereocenters. The van der Waals surface area contributed by atoms with Gasteiger partial charge in [0.25, 0.3) is 5.91 Å². The van der Waals surface area contributed by atoms with Crippen molar-refractivity contribution in [3.05, 3.63) is 52.4 Å². The number of aromatic nitrogens is 3. The first-order chi connectivity index (χ1) is 12.1. The molecule has 1 aliphatic rings. The number of halogens is 2. The van der Waals surface area contributed by atoms with Crippen molar-refractivity contribution >= 4 is 28.4 Å². The monoisotopic (exact) mass is 362 g/mol. The average Bonchev–Trinajstić information content (AvgIpc) is 3.20. The van der Waals surface area contributed by atoms with Gasteiger partial charge in [0.1, 0.15) is 23.9 Å². The van der Waals surface area contributed by atoms with Crippen LogP contribution in [-0.2, 0) is 24.3 Å².